The number of H-pyrrole nitrogens is 1. The molecule has 1 aromatic carbocycles. The van der Waals surface area contributed by atoms with Gasteiger partial charge in [0.25, 0.3) is 0 Å². The SMILES string of the molecule is Cc1cc(-c2n[nH]c3ccc(O[C@H](C)c4c(Cl)cncc4Cl)cc23)cnc1F. The van der Waals surface area contributed by atoms with Gasteiger partial charge in [-0.2, -0.15) is 9.49 Å². The molecule has 0 aliphatic rings. The van der Waals surface area contributed by atoms with E-state index < -0.39 is 5.95 Å². The Bertz CT molecular complexity index is 1160. The zero-order chi connectivity index (χ0) is 19.8. The van der Waals surface area contributed by atoms with Gasteiger partial charge in [0.1, 0.15) is 17.5 Å². The van der Waals surface area contributed by atoms with Crippen LogP contribution in [-0.4, -0.2) is 20.2 Å². The molecular formula is C20H15Cl2FN4O. The molecule has 0 aliphatic heterocycles. The van der Waals surface area contributed by atoms with Crippen LogP contribution in [0.5, 0.6) is 5.75 Å². The van der Waals surface area contributed by atoms with E-state index in [1.54, 1.807) is 13.0 Å². The Morgan fingerprint density at radius 3 is 2.57 bits per heavy atom. The molecule has 4 rings (SSSR count). The minimum atomic E-state index is -0.493. The number of hydrogen-bond donors (Lipinski definition) is 1. The molecule has 0 aliphatic carbocycles. The molecule has 0 saturated heterocycles. The van der Waals surface area contributed by atoms with Crippen LogP contribution < -0.4 is 4.74 Å². The van der Waals surface area contributed by atoms with Crippen molar-refractivity contribution in [3.8, 4) is 17.0 Å². The lowest BCUT2D eigenvalue weighted by Crippen LogP contribution is -2.05. The van der Waals surface area contributed by atoms with E-state index in [2.05, 4.69) is 20.2 Å². The second-order valence-electron chi connectivity index (χ2n) is 6.39. The first-order valence-electron chi connectivity index (χ1n) is 8.50. The number of aromatic nitrogens is 4. The number of rotatable bonds is 4. The van der Waals surface area contributed by atoms with Crippen LogP contribution >= 0.6 is 23.2 Å². The number of benzene rings is 1. The van der Waals surface area contributed by atoms with E-state index in [1.807, 2.05) is 25.1 Å². The zero-order valence-electron chi connectivity index (χ0n) is 15.0. The second-order valence-corrected chi connectivity index (χ2v) is 7.20. The number of ether oxygens (including phenoxy) is 1. The Morgan fingerprint density at radius 1 is 1.11 bits per heavy atom. The average molecular weight is 417 g/mol. The van der Waals surface area contributed by atoms with Gasteiger partial charge in [-0.05, 0) is 38.1 Å². The quantitative estimate of drug-likeness (QED) is 0.419. The minimum absolute atomic E-state index is 0.384. The fourth-order valence-electron chi connectivity index (χ4n) is 3.05. The standard InChI is InChI=1S/C20H15Cl2FN4O/c1-10-5-12(7-25-20(10)23)19-14-6-13(3-4-17(14)26-27-19)28-11(2)18-15(21)8-24-9-16(18)22/h3-9,11H,1-2H3,(H,26,27)/t11-/m1/s1. The summed E-state index contributed by atoms with van der Waals surface area (Å²) in [4.78, 5) is 7.75. The topological polar surface area (TPSA) is 63.7 Å². The first-order chi connectivity index (χ1) is 13.4. The lowest BCUT2D eigenvalue weighted by atomic mass is 10.1. The number of hydrogen-bond acceptors (Lipinski definition) is 4. The van der Waals surface area contributed by atoms with Gasteiger partial charge in [-0.15, -0.1) is 0 Å². The molecule has 0 unspecified atom stereocenters. The molecule has 142 valence electrons. The van der Waals surface area contributed by atoms with E-state index in [-0.39, 0.29) is 6.10 Å². The third kappa shape index (κ3) is 3.41. The Balaban J connectivity index is 1.70. The third-order valence-electron chi connectivity index (χ3n) is 4.43. The number of nitrogens with zero attached hydrogens (tertiary/aromatic N) is 3. The summed E-state index contributed by atoms with van der Waals surface area (Å²) < 4.78 is 19.6. The Labute approximate surface area is 170 Å². The number of halogens is 3. The smallest absolute Gasteiger partial charge is 0.215 e. The molecule has 1 N–H and O–H groups in total. The maximum absolute atomic E-state index is 13.5. The lowest BCUT2D eigenvalue weighted by molar-refractivity contribution is 0.227. The summed E-state index contributed by atoms with van der Waals surface area (Å²) in [6.45, 7) is 3.53. The summed E-state index contributed by atoms with van der Waals surface area (Å²) in [6.07, 6.45) is 4.14. The molecule has 8 heteroatoms. The van der Waals surface area contributed by atoms with Crippen molar-refractivity contribution < 1.29 is 9.13 Å². The number of pyridine rings is 2. The summed E-state index contributed by atoms with van der Waals surface area (Å²) >= 11 is 12.4. The van der Waals surface area contributed by atoms with Crippen LogP contribution in [0.15, 0.2) is 42.9 Å². The number of fused-ring (bicyclic) bond motifs is 1. The van der Waals surface area contributed by atoms with Crippen LogP contribution in [-0.2, 0) is 0 Å². The molecule has 0 bridgehead atoms. The van der Waals surface area contributed by atoms with Gasteiger partial charge < -0.3 is 4.74 Å². The van der Waals surface area contributed by atoms with E-state index in [0.717, 1.165) is 16.5 Å². The van der Waals surface area contributed by atoms with Crippen molar-refractivity contribution in [3.05, 3.63) is 70.0 Å². The first kappa shape index (κ1) is 18.7. The predicted octanol–water partition coefficient (Wildman–Crippen LogP) is 5.91. The summed E-state index contributed by atoms with van der Waals surface area (Å²) in [5.41, 5.74) is 3.34. The maximum Gasteiger partial charge on any atom is 0.215 e. The molecular weight excluding hydrogens is 402 g/mol. The van der Waals surface area contributed by atoms with Gasteiger partial charge in [-0.3, -0.25) is 10.1 Å². The summed E-state index contributed by atoms with van der Waals surface area (Å²) in [5.74, 6) is 0.130. The van der Waals surface area contributed by atoms with E-state index in [0.29, 0.717) is 32.6 Å². The highest BCUT2D eigenvalue weighted by molar-refractivity contribution is 6.35. The molecule has 0 fully saturated rings. The number of nitrogens with one attached hydrogen (secondary N) is 1. The second kappa shape index (κ2) is 7.37. The highest BCUT2D eigenvalue weighted by Gasteiger charge is 2.17. The van der Waals surface area contributed by atoms with Gasteiger partial charge in [0.15, 0.2) is 0 Å². The fraction of sp³-hybridized carbons (Fsp3) is 0.150. The van der Waals surface area contributed by atoms with Crippen LogP contribution in [0.25, 0.3) is 22.2 Å². The molecule has 5 nitrogen and oxygen atoms in total. The highest BCUT2D eigenvalue weighted by Crippen LogP contribution is 2.34. The number of aryl methyl sites for hydroxylation is 1. The predicted molar refractivity (Wildman–Crippen MR) is 107 cm³/mol. The summed E-state index contributed by atoms with van der Waals surface area (Å²) in [7, 11) is 0. The number of aromatic amines is 1. The van der Waals surface area contributed by atoms with Crippen molar-refractivity contribution in [3.63, 3.8) is 0 Å². The third-order valence-corrected chi connectivity index (χ3v) is 5.03. The van der Waals surface area contributed by atoms with Crippen LogP contribution in [0.1, 0.15) is 24.2 Å². The molecule has 4 aromatic rings. The normalized spacial score (nSPS) is 12.3. The first-order valence-corrected chi connectivity index (χ1v) is 9.26. The van der Waals surface area contributed by atoms with E-state index in [9.17, 15) is 4.39 Å². The van der Waals surface area contributed by atoms with E-state index in [4.69, 9.17) is 27.9 Å². The van der Waals surface area contributed by atoms with Crippen molar-refractivity contribution in [2.45, 2.75) is 20.0 Å². The van der Waals surface area contributed by atoms with Crippen LogP contribution in [0.4, 0.5) is 4.39 Å². The molecule has 0 spiro atoms. The van der Waals surface area contributed by atoms with Crippen molar-refractivity contribution in [1.29, 1.82) is 0 Å². The molecule has 1 atom stereocenters. The Kier molecular flexibility index (Phi) is 4.91. The fourth-order valence-corrected chi connectivity index (χ4v) is 3.72. The van der Waals surface area contributed by atoms with Gasteiger partial charge >= 0.3 is 0 Å². The van der Waals surface area contributed by atoms with Crippen molar-refractivity contribution >= 4 is 34.1 Å². The Morgan fingerprint density at radius 2 is 1.86 bits per heavy atom. The van der Waals surface area contributed by atoms with Crippen molar-refractivity contribution in [2.75, 3.05) is 0 Å². The van der Waals surface area contributed by atoms with Crippen molar-refractivity contribution in [1.82, 2.24) is 20.2 Å². The van der Waals surface area contributed by atoms with Gasteiger partial charge in [0.2, 0.25) is 5.95 Å². The molecule has 3 aromatic heterocycles. The highest BCUT2D eigenvalue weighted by atomic mass is 35.5. The van der Waals surface area contributed by atoms with Gasteiger partial charge in [0, 0.05) is 40.7 Å². The largest absolute Gasteiger partial charge is 0.486 e. The molecule has 0 radical (unpaired) electrons. The molecule has 0 amide bonds. The van der Waals surface area contributed by atoms with Gasteiger partial charge in [-0.25, -0.2) is 4.98 Å². The monoisotopic (exact) mass is 416 g/mol. The van der Waals surface area contributed by atoms with Gasteiger partial charge in [-0.1, -0.05) is 23.2 Å². The maximum atomic E-state index is 13.5. The van der Waals surface area contributed by atoms with Crippen LogP contribution in [0, 0.1) is 12.9 Å². The van der Waals surface area contributed by atoms with E-state index >= 15 is 0 Å². The Hall–Kier alpha value is -2.70. The van der Waals surface area contributed by atoms with E-state index in [1.165, 1.54) is 18.6 Å². The summed E-state index contributed by atoms with van der Waals surface area (Å²) in [6, 6.07) is 7.28. The van der Waals surface area contributed by atoms with Crippen LogP contribution in [0.2, 0.25) is 10.0 Å². The zero-order valence-corrected chi connectivity index (χ0v) is 16.5. The lowest BCUT2D eigenvalue weighted by Gasteiger charge is -2.17. The summed E-state index contributed by atoms with van der Waals surface area (Å²) in [5, 5.41) is 9.05. The van der Waals surface area contributed by atoms with Gasteiger partial charge in [0.05, 0.1) is 15.6 Å². The molecule has 28 heavy (non-hydrogen) atoms. The van der Waals surface area contributed by atoms with Crippen molar-refractivity contribution in [2.24, 2.45) is 0 Å². The minimum Gasteiger partial charge on any atom is -0.486 e. The molecule has 3 heterocycles. The average Bonchev–Trinajstić information content (AvgIpc) is 3.07. The molecule has 0 saturated carbocycles. The van der Waals surface area contributed by atoms with Crippen LogP contribution in [0.3, 0.4) is 0 Å².